The fourth-order valence-electron chi connectivity index (χ4n) is 1.64. The van der Waals surface area contributed by atoms with Crippen molar-refractivity contribution < 1.29 is 13.9 Å². The van der Waals surface area contributed by atoms with E-state index in [1.165, 1.54) is 23.9 Å². The molecule has 1 unspecified atom stereocenters. The van der Waals surface area contributed by atoms with E-state index in [9.17, 15) is 13.9 Å². The molecule has 0 bridgehead atoms. The number of hydrogen-bond acceptors (Lipinski definition) is 3. The molecule has 0 aliphatic carbocycles. The third-order valence-corrected chi connectivity index (χ3v) is 3.80. The Hall–Kier alpha value is -0.650. The average molecular weight is 275 g/mol. The highest BCUT2D eigenvalue weighted by molar-refractivity contribution is 7.99. The van der Waals surface area contributed by atoms with E-state index in [-0.39, 0.29) is 12.6 Å². The largest absolute Gasteiger partial charge is 0.394 e. The van der Waals surface area contributed by atoms with Crippen molar-refractivity contribution in [3.05, 3.63) is 29.8 Å². The fourth-order valence-corrected chi connectivity index (χ4v) is 2.65. The third kappa shape index (κ3) is 4.55. The second-order valence-electron chi connectivity index (χ2n) is 4.88. The van der Waals surface area contributed by atoms with Crippen LogP contribution < -0.4 is 5.32 Å². The summed E-state index contributed by atoms with van der Waals surface area (Å²) in [7, 11) is 0. The summed E-state index contributed by atoms with van der Waals surface area (Å²) in [6.07, 6.45) is 0. The second-order valence-corrected chi connectivity index (χ2v) is 5.93. The van der Waals surface area contributed by atoms with Crippen LogP contribution in [0.15, 0.2) is 23.1 Å². The topological polar surface area (TPSA) is 32.3 Å². The Balaban J connectivity index is 2.64. The van der Waals surface area contributed by atoms with Crippen LogP contribution in [0.25, 0.3) is 0 Å². The first kappa shape index (κ1) is 15.4. The Kier molecular flexibility index (Phi) is 5.56. The SMILES string of the molecule is CC(C)NC(C)(CO)CSc1ccc(F)c(F)c1. The Morgan fingerprint density at radius 3 is 2.50 bits per heavy atom. The van der Waals surface area contributed by atoms with Crippen LogP contribution in [0.2, 0.25) is 0 Å². The highest BCUT2D eigenvalue weighted by Crippen LogP contribution is 2.24. The second kappa shape index (κ2) is 6.50. The van der Waals surface area contributed by atoms with Gasteiger partial charge in [0.1, 0.15) is 0 Å². The van der Waals surface area contributed by atoms with Gasteiger partial charge in [0.05, 0.1) is 6.61 Å². The maximum atomic E-state index is 13.0. The normalized spacial score (nSPS) is 14.8. The summed E-state index contributed by atoms with van der Waals surface area (Å²) in [6.45, 7) is 5.88. The lowest BCUT2D eigenvalue weighted by Crippen LogP contribution is -2.51. The zero-order chi connectivity index (χ0) is 13.8. The van der Waals surface area contributed by atoms with Crippen LogP contribution in [0.1, 0.15) is 20.8 Å². The number of halogens is 2. The molecule has 0 fully saturated rings. The molecule has 0 spiro atoms. The van der Waals surface area contributed by atoms with Crippen LogP contribution in [0, 0.1) is 11.6 Å². The van der Waals surface area contributed by atoms with Gasteiger partial charge in [-0.3, -0.25) is 0 Å². The minimum atomic E-state index is -0.845. The van der Waals surface area contributed by atoms with Gasteiger partial charge in [-0.25, -0.2) is 8.78 Å². The first-order valence-corrected chi connectivity index (χ1v) is 6.81. The number of benzene rings is 1. The Labute approximate surface area is 111 Å². The number of nitrogens with one attached hydrogen (secondary N) is 1. The molecule has 5 heteroatoms. The molecule has 2 nitrogen and oxygen atoms in total. The number of rotatable bonds is 6. The Morgan fingerprint density at radius 1 is 1.33 bits per heavy atom. The van der Waals surface area contributed by atoms with E-state index in [4.69, 9.17) is 0 Å². The minimum Gasteiger partial charge on any atom is -0.394 e. The summed E-state index contributed by atoms with van der Waals surface area (Å²) < 4.78 is 25.8. The number of aliphatic hydroxyl groups excluding tert-OH is 1. The van der Waals surface area contributed by atoms with Crippen molar-refractivity contribution in [2.45, 2.75) is 37.2 Å². The molecule has 102 valence electrons. The number of hydrogen-bond donors (Lipinski definition) is 2. The van der Waals surface area contributed by atoms with Gasteiger partial charge in [0, 0.05) is 22.2 Å². The molecule has 0 aromatic heterocycles. The maximum Gasteiger partial charge on any atom is 0.159 e. The zero-order valence-corrected chi connectivity index (χ0v) is 11.7. The monoisotopic (exact) mass is 275 g/mol. The Bertz CT molecular complexity index is 401. The summed E-state index contributed by atoms with van der Waals surface area (Å²) in [5.74, 6) is -1.11. The quantitative estimate of drug-likeness (QED) is 0.783. The van der Waals surface area contributed by atoms with Crippen LogP contribution >= 0.6 is 11.8 Å². The predicted octanol–water partition coefficient (Wildman–Crippen LogP) is 2.81. The molecular weight excluding hydrogens is 256 g/mol. The van der Waals surface area contributed by atoms with Crippen LogP contribution in [-0.4, -0.2) is 29.0 Å². The molecule has 1 aromatic rings. The van der Waals surface area contributed by atoms with Crippen molar-refractivity contribution in [3.8, 4) is 0 Å². The van der Waals surface area contributed by atoms with E-state index in [1.807, 2.05) is 20.8 Å². The molecule has 0 aliphatic rings. The molecule has 18 heavy (non-hydrogen) atoms. The lowest BCUT2D eigenvalue weighted by Gasteiger charge is -2.30. The van der Waals surface area contributed by atoms with Crippen molar-refractivity contribution in [2.75, 3.05) is 12.4 Å². The number of thioether (sulfide) groups is 1. The van der Waals surface area contributed by atoms with Gasteiger partial charge in [0.15, 0.2) is 11.6 Å². The van der Waals surface area contributed by atoms with E-state index in [0.717, 1.165) is 6.07 Å². The van der Waals surface area contributed by atoms with Crippen molar-refractivity contribution >= 4 is 11.8 Å². The summed E-state index contributed by atoms with van der Waals surface area (Å²) in [4.78, 5) is 0.652. The molecule has 0 saturated heterocycles. The van der Waals surface area contributed by atoms with Gasteiger partial charge in [-0.05, 0) is 25.1 Å². The highest BCUT2D eigenvalue weighted by Gasteiger charge is 2.24. The third-order valence-electron chi connectivity index (χ3n) is 2.43. The summed E-state index contributed by atoms with van der Waals surface area (Å²) in [6, 6.07) is 4.07. The van der Waals surface area contributed by atoms with Crippen molar-refractivity contribution in [1.29, 1.82) is 0 Å². The molecule has 1 atom stereocenters. The van der Waals surface area contributed by atoms with E-state index >= 15 is 0 Å². The summed E-state index contributed by atoms with van der Waals surface area (Å²) in [5, 5.41) is 12.7. The van der Waals surface area contributed by atoms with Crippen molar-refractivity contribution in [3.63, 3.8) is 0 Å². The maximum absolute atomic E-state index is 13.0. The van der Waals surface area contributed by atoms with Gasteiger partial charge in [0.2, 0.25) is 0 Å². The van der Waals surface area contributed by atoms with Gasteiger partial charge in [0.25, 0.3) is 0 Å². The molecule has 0 heterocycles. The molecule has 2 N–H and O–H groups in total. The van der Waals surface area contributed by atoms with Crippen LogP contribution in [0.3, 0.4) is 0 Å². The lowest BCUT2D eigenvalue weighted by molar-refractivity contribution is 0.183. The number of aliphatic hydroxyl groups is 1. The van der Waals surface area contributed by atoms with Crippen molar-refractivity contribution in [2.24, 2.45) is 0 Å². The summed E-state index contributed by atoms with van der Waals surface area (Å²) in [5.41, 5.74) is -0.441. The summed E-state index contributed by atoms with van der Waals surface area (Å²) >= 11 is 1.39. The van der Waals surface area contributed by atoms with Gasteiger partial charge in [-0.15, -0.1) is 11.8 Å². The lowest BCUT2D eigenvalue weighted by atomic mass is 10.1. The van der Waals surface area contributed by atoms with Crippen molar-refractivity contribution in [1.82, 2.24) is 5.32 Å². The van der Waals surface area contributed by atoms with E-state index in [1.54, 1.807) is 0 Å². The minimum absolute atomic E-state index is 0.0120. The first-order valence-electron chi connectivity index (χ1n) is 5.83. The van der Waals surface area contributed by atoms with Crippen LogP contribution in [0.4, 0.5) is 8.78 Å². The van der Waals surface area contributed by atoms with Gasteiger partial charge in [-0.1, -0.05) is 13.8 Å². The zero-order valence-electron chi connectivity index (χ0n) is 10.8. The predicted molar refractivity (Wildman–Crippen MR) is 70.8 cm³/mol. The molecule has 0 aliphatic heterocycles. The molecule has 0 radical (unpaired) electrons. The van der Waals surface area contributed by atoms with Gasteiger partial charge >= 0.3 is 0 Å². The van der Waals surface area contributed by atoms with E-state index in [2.05, 4.69) is 5.32 Å². The fraction of sp³-hybridized carbons (Fsp3) is 0.538. The first-order chi connectivity index (χ1) is 8.36. The van der Waals surface area contributed by atoms with Crippen LogP contribution in [0.5, 0.6) is 0 Å². The molecule has 0 amide bonds. The Morgan fingerprint density at radius 2 is 2.00 bits per heavy atom. The van der Waals surface area contributed by atoms with E-state index < -0.39 is 17.2 Å². The van der Waals surface area contributed by atoms with E-state index in [0.29, 0.717) is 10.6 Å². The van der Waals surface area contributed by atoms with Gasteiger partial charge < -0.3 is 10.4 Å². The molecule has 1 rings (SSSR count). The average Bonchev–Trinajstić information content (AvgIpc) is 2.30. The highest BCUT2D eigenvalue weighted by atomic mass is 32.2. The van der Waals surface area contributed by atoms with Crippen LogP contribution in [-0.2, 0) is 0 Å². The smallest absolute Gasteiger partial charge is 0.159 e. The molecular formula is C13H19F2NOS. The van der Waals surface area contributed by atoms with Gasteiger partial charge in [-0.2, -0.15) is 0 Å². The standard InChI is InChI=1S/C13H19F2NOS/c1-9(2)16-13(3,7-17)8-18-10-4-5-11(14)12(15)6-10/h4-6,9,16-17H,7-8H2,1-3H3. The molecule has 0 saturated carbocycles. The molecule has 1 aromatic carbocycles.